The van der Waals surface area contributed by atoms with E-state index >= 15 is 0 Å². The SMILES string of the molecule is CNC(C(=O)O)c1cn([C@@H]2O[C@H](CO)[C@@H](O)[C@H]2O)c(=S)[nH]c1=O. The number of aromatic amines is 1. The molecule has 1 unspecified atom stereocenters. The minimum atomic E-state index is -1.41. The lowest BCUT2D eigenvalue weighted by molar-refractivity contribution is -0.139. The number of likely N-dealkylation sites (N-methyl/N-ethyl adjacent to an activating group) is 1. The molecule has 23 heavy (non-hydrogen) atoms. The van der Waals surface area contributed by atoms with Crippen molar-refractivity contribution in [3.63, 3.8) is 0 Å². The summed E-state index contributed by atoms with van der Waals surface area (Å²) >= 11 is 5.00. The molecule has 1 aliphatic rings. The third kappa shape index (κ3) is 3.20. The molecular formula is C12H17N3O7S. The number of carbonyl (C=O) groups is 1. The molecule has 1 aliphatic heterocycles. The molecule has 5 atom stereocenters. The molecule has 1 fully saturated rings. The van der Waals surface area contributed by atoms with Crippen LogP contribution in [0.2, 0.25) is 0 Å². The first-order valence-corrected chi connectivity index (χ1v) is 7.10. The van der Waals surface area contributed by atoms with Gasteiger partial charge >= 0.3 is 5.97 Å². The summed E-state index contributed by atoms with van der Waals surface area (Å²) in [7, 11) is 1.37. The molecule has 0 aliphatic carbocycles. The Morgan fingerprint density at radius 1 is 1.52 bits per heavy atom. The fraction of sp³-hybridized carbons (Fsp3) is 0.583. The van der Waals surface area contributed by atoms with E-state index < -0.39 is 48.7 Å². The molecule has 0 spiro atoms. The highest BCUT2D eigenvalue weighted by molar-refractivity contribution is 7.71. The summed E-state index contributed by atoms with van der Waals surface area (Å²) in [6, 6.07) is -1.29. The smallest absolute Gasteiger partial charge is 0.325 e. The van der Waals surface area contributed by atoms with Gasteiger partial charge in [0.2, 0.25) is 0 Å². The molecule has 128 valence electrons. The van der Waals surface area contributed by atoms with Gasteiger partial charge in [0.05, 0.1) is 12.2 Å². The van der Waals surface area contributed by atoms with Crippen molar-refractivity contribution in [1.29, 1.82) is 0 Å². The number of nitrogens with zero attached hydrogens (tertiary/aromatic N) is 1. The molecule has 0 aromatic carbocycles. The van der Waals surface area contributed by atoms with E-state index in [9.17, 15) is 19.8 Å². The van der Waals surface area contributed by atoms with Crippen molar-refractivity contribution in [2.45, 2.75) is 30.6 Å². The summed E-state index contributed by atoms with van der Waals surface area (Å²) in [6.45, 7) is -0.521. The van der Waals surface area contributed by atoms with Crippen LogP contribution >= 0.6 is 12.2 Å². The predicted molar refractivity (Wildman–Crippen MR) is 78.3 cm³/mol. The van der Waals surface area contributed by atoms with Gasteiger partial charge in [-0.15, -0.1) is 0 Å². The summed E-state index contributed by atoms with van der Waals surface area (Å²) in [5.41, 5.74) is -0.842. The number of ether oxygens (including phenoxy) is 1. The molecule has 1 aromatic rings. The molecule has 1 saturated heterocycles. The highest BCUT2D eigenvalue weighted by Crippen LogP contribution is 2.29. The lowest BCUT2D eigenvalue weighted by Gasteiger charge is -2.20. The van der Waals surface area contributed by atoms with Gasteiger partial charge in [-0.2, -0.15) is 0 Å². The van der Waals surface area contributed by atoms with Crippen LogP contribution in [0, 0.1) is 4.77 Å². The van der Waals surface area contributed by atoms with E-state index in [1.54, 1.807) is 0 Å². The van der Waals surface area contributed by atoms with Crippen LogP contribution in [0.4, 0.5) is 0 Å². The molecule has 0 saturated carbocycles. The lowest BCUT2D eigenvalue weighted by atomic mass is 10.1. The van der Waals surface area contributed by atoms with Gasteiger partial charge in [0.1, 0.15) is 24.4 Å². The van der Waals surface area contributed by atoms with Gasteiger partial charge in [-0.1, -0.05) is 0 Å². The van der Waals surface area contributed by atoms with Crippen molar-refractivity contribution in [1.82, 2.24) is 14.9 Å². The Labute approximate surface area is 135 Å². The maximum Gasteiger partial charge on any atom is 0.325 e. The monoisotopic (exact) mass is 347 g/mol. The first kappa shape index (κ1) is 17.7. The van der Waals surface area contributed by atoms with Gasteiger partial charge in [-0.3, -0.25) is 19.1 Å². The Kier molecular flexibility index (Phi) is 5.29. The second-order valence-electron chi connectivity index (χ2n) is 5.04. The number of carboxylic acids is 1. The van der Waals surface area contributed by atoms with Crippen LogP contribution in [0.15, 0.2) is 11.0 Å². The van der Waals surface area contributed by atoms with Gasteiger partial charge in [0, 0.05) is 6.20 Å². The number of hydrogen-bond donors (Lipinski definition) is 6. The molecule has 2 rings (SSSR count). The number of aliphatic hydroxyl groups excluding tert-OH is 3. The molecule has 6 N–H and O–H groups in total. The number of carboxylic acid groups (broad SMARTS) is 1. The number of nitrogens with one attached hydrogen (secondary N) is 2. The van der Waals surface area contributed by atoms with E-state index in [4.69, 9.17) is 27.2 Å². The molecule has 11 heteroatoms. The highest BCUT2D eigenvalue weighted by atomic mass is 32.1. The molecule has 1 aromatic heterocycles. The summed E-state index contributed by atoms with van der Waals surface area (Å²) < 4.78 is 6.35. The first-order valence-electron chi connectivity index (χ1n) is 6.69. The van der Waals surface area contributed by atoms with Gasteiger partial charge in [0.25, 0.3) is 5.56 Å². The average molecular weight is 347 g/mol. The van der Waals surface area contributed by atoms with Crippen LogP contribution in [0.5, 0.6) is 0 Å². The standard InChI is InChI=1S/C12H17N3O7S/c1-13-6(11(20)21)4-2-15(12(23)14-9(4)19)10-8(18)7(17)5(3-16)22-10/h2,5-8,10,13,16-18H,3H2,1H3,(H,20,21)(H,14,19,23)/t5-,6?,7-,8-,10-/m1/s1. The normalized spacial score (nSPS) is 28.7. The zero-order chi connectivity index (χ0) is 17.3. The average Bonchev–Trinajstić information content (AvgIpc) is 2.77. The summed E-state index contributed by atoms with van der Waals surface area (Å²) in [4.78, 5) is 25.5. The number of aromatic nitrogens is 2. The third-order valence-corrected chi connectivity index (χ3v) is 3.95. The summed E-state index contributed by atoms with van der Waals surface area (Å²) in [6.07, 6.45) is -3.79. The number of rotatable bonds is 5. The summed E-state index contributed by atoms with van der Waals surface area (Å²) in [5, 5.41) is 40.5. The van der Waals surface area contributed by atoms with Gasteiger partial charge in [0.15, 0.2) is 11.0 Å². The maximum absolute atomic E-state index is 11.9. The van der Waals surface area contributed by atoms with E-state index in [-0.39, 0.29) is 10.3 Å². The van der Waals surface area contributed by atoms with Crippen molar-refractivity contribution in [2.24, 2.45) is 0 Å². The molecule has 0 bridgehead atoms. The van der Waals surface area contributed by atoms with Crippen molar-refractivity contribution in [3.8, 4) is 0 Å². The highest BCUT2D eigenvalue weighted by Gasteiger charge is 2.43. The largest absolute Gasteiger partial charge is 0.480 e. The van der Waals surface area contributed by atoms with Gasteiger partial charge < -0.3 is 30.5 Å². The van der Waals surface area contributed by atoms with Crippen LogP contribution in [0.3, 0.4) is 0 Å². The Bertz CT molecular complexity index is 703. The number of H-pyrrole nitrogens is 1. The summed E-state index contributed by atoms with van der Waals surface area (Å²) in [5.74, 6) is -1.28. The number of hydrogen-bond acceptors (Lipinski definition) is 8. The topological polar surface area (TPSA) is 157 Å². The lowest BCUT2D eigenvalue weighted by Crippen LogP contribution is -2.35. The van der Waals surface area contributed by atoms with Crippen molar-refractivity contribution >= 4 is 18.2 Å². The van der Waals surface area contributed by atoms with Gasteiger partial charge in [-0.25, -0.2) is 0 Å². The van der Waals surface area contributed by atoms with Crippen LogP contribution in [-0.2, 0) is 9.53 Å². The van der Waals surface area contributed by atoms with E-state index in [0.717, 1.165) is 10.8 Å². The fourth-order valence-electron chi connectivity index (χ4n) is 2.42. The van der Waals surface area contributed by atoms with Crippen LogP contribution in [0.25, 0.3) is 0 Å². The Morgan fingerprint density at radius 2 is 2.17 bits per heavy atom. The molecule has 2 heterocycles. The second-order valence-corrected chi connectivity index (χ2v) is 5.43. The first-order chi connectivity index (χ1) is 10.8. The molecular weight excluding hydrogens is 330 g/mol. The van der Waals surface area contributed by atoms with E-state index in [1.165, 1.54) is 7.05 Å². The molecule has 0 amide bonds. The Hall–Kier alpha value is -1.63. The van der Waals surface area contributed by atoms with E-state index in [2.05, 4.69) is 10.3 Å². The molecule has 0 radical (unpaired) electrons. The minimum Gasteiger partial charge on any atom is -0.480 e. The van der Waals surface area contributed by atoms with Gasteiger partial charge in [-0.05, 0) is 19.3 Å². The number of aliphatic hydroxyl groups is 3. The zero-order valence-corrected chi connectivity index (χ0v) is 12.9. The van der Waals surface area contributed by atoms with E-state index in [1.807, 2.05) is 0 Å². The van der Waals surface area contributed by atoms with Crippen LogP contribution < -0.4 is 10.9 Å². The second kappa shape index (κ2) is 6.86. The fourth-order valence-corrected chi connectivity index (χ4v) is 2.67. The van der Waals surface area contributed by atoms with Crippen molar-refractivity contribution in [3.05, 3.63) is 26.9 Å². The van der Waals surface area contributed by atoms with Crippen molar-refractivity contribution in [2.75, 3.05) is 13.7 Å². The quantitative estimate of drug-likeness (QED) is 0.327. The van der Waals surface area contributed by atoms with Crippen LogP contribution in [-0.4, -0.2) is 67.9 Å². The zero-order valence-electron chi connectivity index (χ0n) is 12.0. The Morgan fingerprint density at radius 3 is 2.65 bits per heavy atom. The van der Waals surface area contributed by atoms with Crippen molar-refractivity contribution < 1.29 is 30.0 Å². The number of aliphatic carboxylic acids is 1. The molecule has 10 nitrogen and oxygen atoms in total. The minimum absolute atomic E-state index is 0.117. The maximum atomic E-state index is 11.9. The van der Waals surface area contributed by atoms with Crippen LogP contribution in [0.1, 0.15) is 17.8 Å². The Balaban J connectivity index is 2.50. The van der Waals surface area contributed by atoms with E-state index in [0.29, 0.717) is 0 Å². The predicted octanol–water partition coefficient (Wildman–Crippen LogP) is -2.14. The third-order valence-electron chi connectivity index (χ3n) is 3.63.